The molecule has 1 aromatic rings. The highest BCUT2D eigenvalue weighted by Crippen LogP contribution is 2.20. The van der Waals surface area contributed by atoms with Gasteiger partial charge in [0, 0.05) is 7.11 Å². The summed E-state index contributed by atoms with van der Waals surface area (Å²) in [7, 11) is 3.07. The van der Waals surface area contributed by atoms with Crippen molar-refractivity contribution >= 4 is 5.97 Å². The summed E-state index contributed by atoms with van der Waals surface area (Å²) in [6.45, 7) is 4.00. The molecule has 16 heavy (non-hydrogen) atoms. The number of hydrogen-bond acceptors (Lipinski definition) is 3. The van der Waals surface area contributed by atoms with Crippen LogP contribution in [-0.2, 0) is 15.9 Å². The Bertz CT molecular complexity index is 371. The van der Waals surface area contributed by atoms with Crippen LogP contribution >= 0.6 is 0 Å². The van der Waals surface area contributed by atoms with E-state index in [2.05, 4.69) is 0 Å². The maximum Gasteiger partial charge on any atom is 0.338 e. The van der Waals surface area contributed by atoms with Gasteiger partial charge in [-0.2, -0.15) is 0 Å². The Morgan fingerprint density at radius 1 is 1.38 bits per heavy atom. The first kappa shape index (κ1) is 12.7. The summed E-state index contributed by atoms with van der Waals surface area (Å²) in [5, 5.41) is 0. The van der Waals surface area contributed by atoms with Crippen LogP contribution in [0.1, 0.15) is 41.4 Å². The van der Waals surface area contributed by atoms with E-state index in [0.717, 1.165) is 17.5 Å². The summed E-state index contributed by atoms with van der Waals surface area (Å²) in [6, 6.07) is 5.70. The SMILES string of the molecule is CCc1cc(C(C)OC)ccc1C(=O)OC. The molecule has 88 valence electrons. The molecule has 3 heteroatoms. The predicted molar refractivity (Wildman–Crippen MR) is 62.6 cm³/mol. The first-order valence-corrected chi connectivity index (χ1v) is 5.38. The van der Waals surface area contributed by atoms with E-state index < -0.39 is 0 Å². The summed E-state index contributed by atoms with van der Waals surface area (Å²) in [5.41, 5.74) is 2.71. The zero-order chi connectivity index (χ0) is 12.1. The molecule has 3 nitrogen and oxygen atoms in total. The molecule has 0 bridgehead atoms. The monoisotopic (exact) mass is 222 g/mol. The average Bonchev–Trinajstić information content (AvgIpc) is 2.35. The van der Waals surface area contributed by atoms with Crippen LogP contribution in [0.25, 0.3) is 0 Å². The number of benzene rings is 1. The van der Waals surface area contributed by atoms with Gasteiger partial charge in [-0.1, -0.05) is 19.1 Å². The van der Waals surface area contributed by atoms with Gasteiger partial charge in [0.25, 0.3) is 0 Å². The van der Waals surface area contributed by atoms with Gasteiger partial charge in [-0.3, -0.25) is 0 Å². The molecule has 0 aliphatic carbocycles. The van der Waals surface area contributed by atoms with Crippen LogP contribution in [0.4, 0.5) is 0 Å². The molecular formula is C13H18O3. The molecule has 0 radical (unpaired) electrons. The first-order valence-electron chi connectivity index (χ1n) is 5.38. The fourth-order valence-corrected chi connectivity index (χ4v) is 1.60. The van der Waals surface area contributed by atoms with Crippen molar-refractivity contribution in [1.82, 2.24) is 0 Å². The summed E-state index contributed by atoms with van der Waals surface area (Å²) < 4.78 is 9.98. The minimum Gasteiger partial charge on any atom is -0.465 e. The van der Waals surface area contributed by atoms with E-state index in [-0.39, 0.29) is 12.1 Å². The summed E-state index contributed by atoms with van der Waals surface area (Å²) in [4.78, 5) is 11.5. The maximum absolute atomic E-state index is 11.5. The molecule has 0 aliphatic rings. The summed E-state index contributed by atoms with van der Waals surface area (Å²) >= 11 is 0. The van der Waals surface area contributed by atoms with Gasteiger partial charge in [0.15, 0.2) is 0 Å². The number of ether oxygens (including phenoxy) is 2. The highest BCUT2D eigenvalue weighted by Gasteiger charge is 2.13. The Balaban J connectivity index is 3.11. The van der Waals surface area contributed by atoms with Crippen molar-refractivity contribution in [3.05, 3.63) is 34.9 Å². The second kappa shape index (κ2) is 5.66. The van der Waals surface area contributed by atoms with E-state index in [0.29, 0.717) is 5.56 Å². The molecule has 0 heterocycles. The van der Waals surface area contributed by atoms with E-state index in [1.54, 1.807) is 13.2 Å². The van der Waals surface area contributed by atoms with E-state index in [1.165, 1.54) is 7.11 Å². The van der Waals surface area contributed by atoms with E-state index in [4.69, 9.17) is 9.47 Å². The Labute approximate surface area is 96.4 Å². The zero-order valence-electron chi connectivity index (χ0n) is 10.2. The van der Waals surface area contributed by atoms with Gasteiger partial charge in [0.1, 0.15) is 0 Å². The van der Waals surface area contributed by atoms with Gasteiger partial charge in [0.05, 0.1) is 18.8 Å². The number of methoxy groups -OCH3 is 2. The molecule has 0 N–H and O–H groups in total. The molecule has 0 saturated heterocycles. The molecule has 1 rings (SSSR count). The lowest BCUT2D eigenvalue weighted by Crippen LogP contribution is -2.07. The number of carbonyl (C=O) groups is 1. The van der Waals surface area contributed by atoms with Crippen molar-refractivity contribution in [3.8, 4) is 0 Å². The molecule has 1 aromatic carbocycles. The van der Waals surface area contributed by atoms with Crippen LogP contribution in [0.2, 0.25) is 0 Å². The van der Waals surface area contributed by atoms with Gasteiger partial charge < -0.3 is 9.47 Å². The van der Waals surface area contributed by atoms with Gasteiger partial charge in [-0.05, 0) is 30.5 Å². The summed E-state index contributed by atoms with van der Waals surface area (Å²) in [6.07, 6.45) is 0.839. The van der Waals surface area contributed by atoms with Gasteiger partial charge in [-0.15, -0.1) is 0 Å². The average molecular weight is 222 g/mol. The molecule has 0 aromatic heterocycles. The lowest BCUT2D eigenvalue weighted by Gasteiger charge is -2.13. The zero-order valence-corrected chi connectivity index (χ0v) is 10.2. The van der Waals surface area contributed by atoms with Gasteiger partial charge in [-0.25, -0.2) is 4.79 Å². The number of rotatable bonds is 4. The molecule has 0 spiro atoms. The third kappa shape index (κ3) is 2.61. The largest absolute Gasteiger partial charge is 0.465 e. The second-order valence-corrected chi connectivity index (χ2v) is 3.64. The van der Waals surface area contributed by atoms with Crippen molar-refractivity contribution in [2.45, 2.75) is 26.4 Å². The lowest BCUT2D eigenvalue weighted by molar-refractivity contribution is 0.0599. The van der Waals surface area contributed by atoms with Crippen LogP contribution in [0.5, 0.6) is 0 Å². The van der Waals surface area contributed by atoms with E-state index >= 15 is 0 Å². The minimum absolute atomic E-state index is 0.0389. The van der Waals surface area contributed by atoms with Crippen LogP contribution in [0, 0.1) is 0 Å². The van der Waals surface area contributed by atoms with Crippen LogP contribution in [-0.4, -0.2) is 20.2 Å². The molecular weight excluding hydrogens is 204 g/mol. The summed E-state index contributed by atoms with van der Waals surface area (Å²) in [5.74, 6) is -0.284. The van der Waals surface area contributed by atoms with Crippen LogP contribution in [0.3, 0.4) is 0 Å². The molecule has 0 fully saturated rings. The van der Waals surface area contributed by atoms with Gasteiger partial charge >= 0.3 is 5.97 Å². The highest BCUT2D eigenvalue weighted by molar-refractivity contribution is 5.91. The Morgan fingerprint density at radius 3 is 2.56 bits per heavy atom. The van der Waals surface area contributed by atoms with Gasteiger partial charge in [0.2, 0.25) is 0 Å². The van der Waals surface area contributed by atoms with Crippen LogP contribution < -0.4 is 0 Å². The van der Waals surface area contributed by atoms with Crippen LogP contribution in [0.15, 0.2) is 18.2 Å². The topological polar surface area (TPSA) is 35.5 Å². The fraction of sp³-hybridized carbons (Fsp3) is 0.462. The van der Waals surface area contributed by atoms with Crippen molar-refractivity contribution in [3.63, 3.8) is 0 Å². The smallest absolute Gasteiger partial charge is 0.338 e. The second-order valence-electron chi connectivity index (χ2n) is 3.64. The predicted octanol–water partition coefficient (Wildman–Crippen LogP) is 2.74. The Hall–Kier alpha value is -1.35. The van der Waals surface area contributed by atoms with E-state index in [9.17, 15) is 4.79 Å². The number of carbonyl (C=O) groups excluding carboxylic acids is 1. The highest BCUT2D eigenvalue weighted by atomic mass is 16.5. The number of hydrogen-bond donors (Lipinski definition) is 0. The standard InChI is InChI=1S/C13H18O3/c1-5-10-8-11(9(2)15-3)6-7-12(10)13(14)16-4/h6-9H,5H2,1-4H3. The quantitative estimate of drug-likeness (QED) is 0.735. The Morgan fingerprint density at radius 2 is 2.06 bits per heavy atom. The number of aryl methyl sites for hydroxylation is 1. The fourth-order valence-electron chi connectivity index (χ4n) is 1.60. The van der Waals surface area contributed by atoms with Crippen molar-refractivity contribution < 1.29 is 14.3 Å². The maximum atomic E-state index is 11.5. The lowest BCUT2D eigenvalue weighted by atomic mass is 9.99. The molecule has 0 amide bonds. The first-order chi connectivity index (χ1) is 7.63. The van der Waals surface area contributed by atoms with Crippen molar-refractivity contribution in [2.75, 3.05) is 14.2 Å². The third-order valence-corrected chi connectivity index (χ3v) is 2.74. The minimum atomic E-state index is -0.284. The Kier molecular flexibility index (Phi) is 4.50. The number of esters is 1. The molecule has 0 aliphatic heterocycles. The van der Waals surface area contributed by atoms with E-state index in [1.807, 2.05) is 26.0 Å². The van der Waals surface area contributed by atoms with Crippen molar-refractivity contribution in [1.29, 1.82) is 0 Å². The normalized spacial score (nSPS) is 12.2. The molecule has 1 atom stereocenters. The third-order valence-electron chi connectivity index (χ3n) is 2.74. The molecule has 0 saturated carbocycles. The molecule has 1 unspecified atom stereocenters. The van der Waals surface area contributed by atoms with Crippen molar-refractivity contribution in [2.24, 2.45) is 0 Å².